The average Bonchev–Trinajstić information content (AvgIpc) is 2.33. The molecular formula is C14H24ClN. The molecule has 0 heterocycles. The van der Waals surface area contributed by atoms with Crippen LogP contribution in [0.3, 0.4) is 0 Å². The van der Waals surface area contributed by atoms with Gasteiger partial charge in [-0.1, -0.05) is 30.3 Å². The Morgan fingerprint density at radius 2 is 1.38 bits per heavy atom. The van der Waals surface area contributed by atoms with Crippen molar-refractivity contribution in [2.24, 2.45) is 0 Å². The van der Waals surface area contributed by atoms with Crippen LogP contribution in [0.1, 0.15) is 39.3 Å². The number of halogens is 1. The fourth-order valence-corrected chi connectivity index (χ4v) is 2.54. The third-order valence-corrected chi connectivity index (χ3v) is 3.99. The number of hydrogen-bond donors (Lipinski definition) is 0. The van der Waals surface area contributed by atoms with Gasteiger partial charge in [0.1, 0.15) is 6.04 Å². The van der Waals surface area contributed by atoms with Crippen LogP contribution in [0.4, 0.5) is 0 Å². The van der Waals surface area contributed by atoms with Crippen LogP contribution >= 0.6 is 0 Å². The first-order valence-corrected chi connectivity index (χ1v) is 6.10. The second-order valence-electron chi connectivity index (χ2n) is 4.25. The zero-order valence-electron chi connectivity index (χ0n) is 10.9. The molecule has 0 amide bonds. The Balaban J connectivity index is 0.00000225. The smallest absolute Gasteiger partial charge is 0.112 e. The topological polar surface area (TPSA) is 0 Å². The van der Waals surface area contributed by atoms with E-state index in [9.17, 15) is 0 Å². The third kappa shape index (κ3) is 2.99. The van der Waals surface area contributed by atoms with E-state index < -0.39 is 0 Å². The van der Waals surface area contributed by atoms with Crippen molar-refractivity contribution >= 4 is 0 Å². The summed E-state index contributed by atoms with van der Waals surface area (Å²) in [6.45, 7) is 12.9. The maximum absolute atomic E-state index is 2.35. The average molecular weight is 242 g/mol. The van der Waals surface area contributed by atoms with Gasteiger partial charge in [-0.15, -0.1) is 0 Å². The van der Waals surface area contributed by atoms with Crippen molar-refractivity contribution in [2.75, 3.05) is 19.6 Å². The van der Waals surface area contributed by atoms with Gasteiger partial charge >= 0.3 is 0 Å². The lowest BCUT2D eigenvalue weighted by Gasteiger charge is -2.41. The monoisotopic (exact) mass is 241 g/mol. The molecule has 0 saturated heterocycles. The summed E-state index contributed by atoms with van der Waals surface area (Å²) in [6, 6.07) is 11.5. The minimum absolute atomic E-state index is 0. The summed E-state index contributed by atoms with van der Waals surface area (Å²) in [5, 5.41) is 0. The third-order valence-electron chi connectivity index (χ3n) is 3.99. The van der Waals surface area contributed by atoms with Gasteiger partial charge in [0.25, 0.3) is 0 Å². The van der Waals surface area contributed by atoms with Gasteiger partial charge in [-0.25, -0.2) is 0 Å². The molecule has 0 bridgehead atoms. The number of hydrogen-bond acceptors (Lipinski definition) is 0. The van der Waals surface area contributed by atoms with Crippen LogP contribution in [-0.4, -0.2) is 24.1 Å². The summed E-state index contributed by atoms with van der Waals surface area (Å²) < 4.78 is 1.18. The van der Waals surface area contributed by atoms with Crippen LogP contribution in [0.2, 0.25) is 0 Å². The Kier molecular flexibility index (Phi) is 6.70. The van der Waals surface area contributed by atoms with Gasteiger partial charge in [0.05, 0.1) is 19.6 Å². The fourth-order valence-electron chi connectivity index (χ4n) is 2.54. The number of quaternary nitrogens is 1. The quantitative estimate of drug-likeness (QED) is 0.664. The minimum Gasteiger partial charge on any atom is -1.00 e. The molecule has 1 unspecified atom stereocenters. The summed E-state index contributed by atoms with van der Waals surface area (Å²) in [5.41, 5.74) is 1.46. The van der Waals surface area contributed by atoms with Crippen LogP contribution in [-0.2, 0) is 0 Å². The zero-order valence-corrected chi connectivity index (χ0v) is 11.7. The Morgan fingerprint density at radius 1 is 0.938 bits per heavy atom. The van der Waals surface area contributed by atoms with E-state index >= 15 is 0 Å². The first kappa shape index (κ1) is 15.5. The molecule has 0 aliphatic heterocycles. The van der Waals surface area contributed by atoms with Crippen molar-refractivity contribution in [1.29, 1.82) is 0 Å². The molecule has 1 atom stereocenters. The molecule has 1 aromatic carbocycles. The fraction of sp³-hybridized carbons (Fsp3) is 0.571. The highest BCUT2D eigenvalue weighted by Gasteiger charge is 2.29. The minimum atomic E-state index is 0. The zero-order chi connectivity index (χ0) is 11.3. The van der Waals surface area contributed by atoms with Crippen LogP contribution < -0.4 is 12.4 Å². The molecule has 1 nitrogen and oxygen atoms in total. The SMILES string of the molecule is CC[N+](CC)(CC)C(C)c1ccccc1.[Cl-]. The van der Waals surface area contributed by atoms with E-state index in [-0.39, 0.29) is 12.4 Å². The van der Waals surface area contributed by atoms with Gasteiger partial charge in [0.15, 0.2) is 0 Å². The lowest BCUT2D eigenvalue weighted by molar-refractivity contribution is -0.950. The predicted octanol–water partition coefficient (Wildman–Crippen LogP) is 0.628. The highest BCUT2D eigenvalue weighted by atomic mass is 35.5. The summed E-state index contributed by atoms with van der Waals surface area (Å²) >= 11 is 0. The summed E-state index contributed by atoms with van der Waals surface area (Å²) in [5.74, 6) is 0. The van der Waals surface area contributed by atoms with E-state index in [2.05, 4.69) is 58.0 Å². The lowest BCUT2D eigenvalue weighted by atomic mass is 10.0. The van der Waals surface area contributed by atoms with Crippen molar-refractivity contribution in [2.45, 2.75) is 33.7 Å². The molecule has 1 rings (SSSR count). The summed E-state index contributed by atoms with van der Waals surface area (Å²) in [7, 11) is 0. The molecule has 0 spiro atoms. The van der Waals surface area contributed by atoms with Crippen molar-refractivity contribution in [3.63, 3.8) is 0 Å². The van der Waals surface area contributed by atoms with E-state index in [0.29, 0.717) is 6.04 Å². The van der Waals surface area contributed by atoms with Gasteiger partial charge < -0.3 is 16.9 Å². The van der Waals surface area contributed by atoms with Crippen LogP contribution in [0.25, 0.3) is 0 Å². The number of nitrogens with zero attached hydrogens (tertiary/aromatic N) is 1. The van der Waals surface area contributed by atoms with Gasteiger partial charge in [-0.05, 0) is 27.7 Å². The highest BCUT2D eigenvalue weighted by molar-refractivity contribution is 5.16. The van der Waals surface area contributed by atoms with Crippen molar-refractivity contribution < 1.29 is 16.9 Å². The lowest BCUT2D eigenvalue weighted by Crippen LogP contribution is -3.00. The molecule has 2 heteroatoms. The molecule has 0 radical (unpaired) electrons. The van der Waals surface area contributed by atoms with E-state index in [0.717, 1.165) is 0 Å². The van der Waals surface area contributed by atoms with Crippen molar-refractivity contribution in [3.05, 3.63) is 35.9 Å². The van der Waals surface area contributed by atoms with Crippen molar-refractivity contribution in [1.82, 2.24) is 0 Å². The van der Waals surface area contributed by atoms with Crippen molar-refractivity contribution in [3.8, 4) is 0 Å². The molecule has 0 fully saturated rings. The molecule has 0 aliphatic carbocycles. The van der Waals surface area contributed by atoms with Gasteiger partial charge in [0, 0.05) is 5.56 Å². The van der Waals surface area contributed by atoms with Gasteiger partial charge in [-0.3, -0.25) is 0 Å². The Morgan fingerprint density at radius 3 is 1.75 bits per heavy atom. The molecule has 0 aromatic heterocycles. The first-order valence-electron chi connectivity index (χ1n) is 6.10. The Hall–Kier alpha value is -0.530. The summed E-state index contributed by atoms with van der Waals surface area (Å²) in [6.07, 6.45) is 0. The maximum atomic E-state index is 2.35. The highest BCUT2D eigenvalue weighted by Crippen LogP contribution is 2.27. The molecular weight excluding hydrogens is 218 g/mol. The molecule has 92 valence electrons. The predicted molar refractivity (Wildman–Crippen MR) is 66.7 cm³/mol. The molecule has 16 heavy (non-hydrogen) atoms. The molecule has 0 N–H and O–H groups in total. The number of rotatable bonds is 5. The second kappa shape index (κ2) is 6.93. The van der Waals surface area contributed by atoms with E-state index in [1.807, 2.05) is 0 Å². The summed E-state index contributed by atoms with van der Waals surface area (Å²) in [4.78, 5) is 0. The molecule has 1 aromatic rings. The number of benzene rings is 1. The largest absolute Gasteiger partial charge is 1.00 e. The van der Waals surface area contributed by atoms with E-state index in [1.165, 1.54) is 29.7 Å². The normalized spacial score (nSPS) is 13.0. The van der Waals surface area contributed by atoms with Gasteiger partial charge in [-0.2, -0.15) is 0 Å². The maximum Gasteiger partial charge on any atom is 0.112 e. The van der Waals surface area contributed by atoms with E-state index in [1.54, 1.807) is 0 Å². The Bertz CT molecular complexity index is 272. The van der Waals surface area contributed by atoms with Crippen LogP contribution in [0.5, 0.6) is 0 Å². The Labute approximate surface area is 106 Å². The first-order chi connectivity index (χ1) is 7.20. The van der Waals surface area contributed by atoms with Gasteiger partial charge in [0.2, 0.25) is 0 Å². The van der Waals surface area contributed by atoms with Crippen LogP contribution in [0, 0.1) is 0 Å². The van der Waals surface area contributed by atoms with E-state index in [4.69, 9.17) is 0 Å². The second-order valence-corrected chi connectivity index (χ2v) is 4.25. The molecule has 0 saturated carbocycles. The standard InChI is InChI=1S/C14H24N.ClH/c1-5-15(6-2,7-3)13(4)14-11-9-8-10-12-14;/h8-13H,5-7H2,1-4H3;1H/q+1;/p-1. The molecule has 0 aliphatic rings. The van der Waals surface area contributed by atoms with Crippen LogP contribution in [0.15, 0.2) is 30.3 Å².